The van der Waals surface area contributed by atoms with Crippen LogP contribution >= 0.6 is 11.8 Å². The molecule has 6 nitrogen and oxygen atoms in total. The number of fused-ring (bicyclic) bond motifs is 1. The number of thioether (sulfide) groups is 1. The van der Waals surface area contributed by atoms with Gasteiger partial charge in [-0.3, -0.25) is 4.79 Å². The average Bonchev–Trinajstić information content (AvgIpc) is 3.05. The van der Waals surface area contributed by atoms with E-state index in [1.165, 1.54) is 11.8 Å². The number of nitrogens with one attached hydrogen (secondary N) is 1. The van der Waals surface area contributed by atoms with Crippen molar-refractivity contribution in [2.45, 2.75) is 44.8 Å². The zero-order valence-electron chi connectivity index (χ0n) is 15.5. The van der Waals surface area contributed by atoms with Crippen LogP contribution in [0.25, 0.3) is 5.78 Å². The Morgan fingerprint density at radius 1 is 1.23 bits per heavy atom. The first kappa shape index (κ1) is 18.4. The summed E-state index contributed by atoms with van der Waals surface area (Å²) in [5.74, 6) is 0.638. The average molecular weight is 369 g/mol. The number of aryl methyl sites for hydroxylation is 2. The molecule has 0 bridgehead atoms. The smallest absolute Gasteiger partial charge is 0.253 e. The molecule has 0 spiro atoms. The van der Waals surface area contributed by atoms with Gasteiger partial charge in [0.25, 0.3) is 5.78 Å². The lowest BCUT2D eigenvalue weighted by Crippen LogP contribution is -2.27. The third kappa shape index (κ3) is 3.88. The van der Waals surface area contributed by atoms with Gasteiger partial charge in [0.1, 0.15) is 0 Å². The van der Waals surface area contributed by atoms with Gasteiger partial charge in [0.05, 0.1) is 6.04 Å². The number of carbonyl (C=O) groups excluding carboxylic acids is 1. The van der Waals surface area contributed by atoms with Crippen LogP contribution in [-0.4, -0.2) is 31.7 Å². The predicted molar refractivity (Wildman–Crippen MR) is 103 cm³/mol. The van der Waals surface area contributed by atoms with Crippen LogP contribution in [0.3, 0.4) is 0 Å². The number of rotatable bonds is 6. The highest BCUT2D eigenvalue weighted by Gasteiger charge is 2.15. The molecule has 2 heterocycles. The molecule has 0 saturated carbocycles. The van der Waals surface area contributed by atoms with E-state index < -0.39 is 0 Å². The molecule has 3 aromatic rings. The molecule has 0 radical (unpaired) electrons. The van der Waals surface area contributed by atoms with Gasteiger partial charge in [0, 0.05) is 17.8 Å². The van der Waals surface area contributed by atoms with Crippen LogP contribution in [0, 0.1) is 13.8 Å². The summed E-state index contributed by atoms with van der Waals surface area (Å²) in [7, 11) is 0. The SMILES string of the molecule is CSc1nc2nc(C)c(CCC(=O)N[C@H](C)c3ccccc3)c(C)n2n1. The molecule has 1 atom stereocenters. The Bertz CT molecular complexity index is 923. The zero-order chi connectivity index (χ0) is 18.7. The molecule has 0 fully saturated rings. The molecular weight excluding hydrogens is 346 g/mol. The van der Waals surface area contributed by atoms with Crippen LogP contribution in [0.5, 0.6) is 0 Å². The summed E-state index contributed by atoms with van der Waals surface area (Å²) in [6.45, 7) is 5.96. The molecule has 26 heavy (non-hydrogen) atoms. The monoisotopic (exact) mass is 369 g/mol. The Hall–Kier alpha value is -2.41. The fourth-order valence-electron chi connectivity index (χ4n) is 3.02. The van der Waals surface area contributed by atoms with E-state index >= 15 is 0 Å². The first-order valence-electron chi connectivity index (χ1n) is 8.60. The molecule has 1 amide bonds. The molecular formula is C19H23N5OS. The number of aromatic nitrogens is 4. The minimum Gasteiger partial charge on any atom is -0.350 e. The van der Waals surface area contributed by atoms with E-state index in [0.29, 0.717) is 23.8 Å². The Morgan fingerprint density at radius 2 is 1.96 bits per heavy atom. The number of nitrogens with zero attached hydrogens (tertiary/aromatic N) is 4. The Labute approximate surface area is 157 Å². The number of amides is 1. The first-order chi connectivity index (χ1) is 12.5. The number of benzene rings is 1. The third-order valence-electron chi connectivity index (χ3n) is 4.49. The maximum atomic E-state index is 12.4. The van der Waals surface area contributed by atoms with Crippen molar-refractivity contribution < 1.29 is 4.79 Å². The molecule has 3 rings (SSSR count). The molecule has 0 saturated heterocycles. The summed E-state index contributed by atoms with van der Waals surface area (Å²) in [5, 5.41) is 8.21. The molecule has 0 aliphatic carbocycles. The minimum absolute atomic E-state index is 0.00838. The van der Waals surface area contributed by atoms with Crippen molar-refractivity contribution in [3.05, 3.63) is 52.8 Å². The van der Waals surface area contributed by atoms with Crippen LogP contribution in [0.1, 0.15) is 41.9 Å². The Morgan fingerprint density at radius 3 is 2.65 bits per heavy atom. The number of hydrogen-bond acceptors (Lipinski definition) is 5. The van der Waals surface area contributed by atoms with Crippen LogP contribution in [0.4, 0.5) is 0 Å². The molecule has 7 heteroatoms. The topological polar surface area (TPSA) is 72.2 Å². The Balaban J connectivity index is 1.70. The van der Waals surface area contributed by atoms with Crippen molar-refractivity contribution in [2.24, 2.45) is 0 Å². The van der Waals surface area contributed by atoms with Crippen molar-refractivity contribution in [2.75, 3.05) is 6.26 Å². The first-order valence-corrected chi connectivity index (χ1v) is 9.83. The van der Waals surface area contributed by atoms with Crippen LogP contribution in [0.2, 0.25) is 0 Å². The number of hydrogen-bond donors (Lipinski definition) is 1. The lowest BCUT2D eigenvalue weighted by molar-refractivity contribution is -0.121. The predicted octanol–water partition coefficient (Wildman–Crippen LogP) is 3.27. The second kappa shape index (κ2) is 7.86. The van der Waals surface area contributed by atoms with E-state index in [2.05, 4.69) is 20.4 Å². The fraction of sp³-hybridized carbons (Fsp3) is 0.368. The van der Waals surface area contributed by atoms with Crippen molar-refractivity contribution in [3.63, 3.8) is 0 Å². The molecule has 0 aliphatic heterocycles. The minimum atomic E-state index is -0.00838. The highest BCUT2D eigenvalue weighted by molar-refractivity contribution is 7.98. The summed E-state index contributed by atoms with van der Waals surface area (Å²) >= 11 is 1.49. The molecule has 1 aromatic carbocycles. The van der Waals surface area contributed by atoms with Gasteiger partial charge in [0.15, 0.2) is 0 Å². The molecule has 0 unspecified atom stereocenters. The van der Waals surface area contributed by atoms with Gasteiger partial charge in [-0.05, 0) is 44.6 Å². The van der Waals surface area contributed by atoms with Crippen LogP contribution in [0.15, 0.2) is 35.5 Å². The highest BCUT2D eigenvalue weighted by Crippen LogP contribution is 2.18. The molecule has 1 N–H and O–H groups in total. The van der Waals surface area contributed by atoms with Crippen LogP contribution in [-0.2, 0) is 11.2 Å². The Kier molecular flexibility index (Phi) is 5.56. The normalized spacial score (nSPS) is 12.3. The maximum Gasteiger partial charge on any atom is 0.253 e. The van der Waals surface area contributed by atoms with Crippen molar-refractivity contribution in [1.29, 1.82) is 0 Å². The van der Waals surface area contributed by atoms with Crippen LogP contribution < -0.4 is 5.32 Å². The van der Waals surface area contributed by atoms with Gasteiger partial charge in [-0.25, -0.2) is 9.50 Å². The largest absolute Gasteiger partial charge is 0.350 e. The number of carbonyl (C=O) groups is 1. The summed E-state index contributed by atoms with van der Waals surface area (Å²) in [4.78, 5) is 21.3. The zero-order valence-corrected chi connectivity index (χ0v) is 16.3. The van der Waals surface area contributed by atoms with E-state index in [4.69, 9.17) is 0 Å². The van der Waals surface area contributed by atoms with Gasteiger partial charge in [-0.15, -0.1) is 5.10 Å². The van der Waals surface area contributed by atoms with Gasteiger partial charge < -0.3 is 5.32 Å². The summed E-state index contributed by atoms with van der Waals surface area (Å²) in [6, 6.07) is 9.96. The maximum absolute atomic E-state index is 12.4. The summed E-state index contributed by atoms with van der Waals surface area (Å²) in [5.41, 5.74) is 4.05. The molecule has 136 valence electrons. The van der Waals surface area contributed by atoms with Gasteiger partial charge in [-0.2, -0.15) is 4.98 Å². The van der Waals surface area contributed by atoms with E-state index in [1.807, 2.05) is 57.4 Å². The van der Waals surface area contributed by atoms with Gasteiger partial charge in [-0.1, -0.05) is 42.1 Å². The lowest BCUT2D eigenvalue weighted by Gasteiger charge is -2.15. The molecule has 0 aliphatic rings. The molecule has 2 aromatic heterocycles. The van der Waals surface area contributed by atoms with Crippen molar-refractivity contribution in [3.8, 4) is 0 Å². The standard InChI is InChI=1S/C19H23N5OS/c1-12(15-8-6-5-7-9-15)20-17(25)11-10-16-13(2)21-18-22-19(26-4)23-24(18)14(16)3/h5-9,12H,10-11H2,1-4H3,(H,20,25)/t12-/m1/s1. The van der Waals surface area contributed by atoms with E-state index in [1.54, 1.807) is 4.52 Å². The summed E-state index contributed by atoms with van der Waals surface area (Å²) in [6.07, 6.45) is 2.98. The lowest BCUT2D eigenvalue weighted by atomic mass is 10.1. The van der Waals surface area contributed by atoms with E-state index in [0.717, 1.165) is 22.5 Å². The summed E-state index contributed by atoms with van der Waals surface area (Å²) < 4.78 is 1.76. The highest BCUT2D eigenvalue weighted by atomic mass is 32.2. The van der Waals surface area contributed by atoms with Gasteiger partial charge in [0.2, 0.25) is 11.1 Å². The van der Waals surface area contributed by atoms with E-state index in [9.17, 15) is 4.79 Å². The van der Waals surface area contributed by atoms with Crippen molar-refractivity contribution >= 4 is 23.4 Å². The van der Waals surface area contributed by atoms with E-state index in [-0.39, 0.29) is 11.9 Å². The third-order valence-corrected chi connectivity index (χ3v) is 5.03. The van der Waals surface area contributed by atoms with Crippen molar-refractivity contribution in [1.82, 2.24) is 24.9 Å². The second-order valence-electron chi connectivity index (χ2n) is 6.27. The second-order valence-corrected chi connectivity index (χ2v) is 7.04. The fourth-order valence-corrected chi connectivity index (χ4v) is 3.35. The quantitative estimate of drug-likeness (QED) is 0.675. The van der Waals surface area contributed by atoms with Gasteiger partial charge >= 0.3 is 0 Å².